The smallest absolute Gasteiger partial charge is 0.293 e. The van der Waals surface area contributed by atoms with E-state index in [1.54, 1.807) is 24.3 Å². The number of anilines is 1. The molecule has 0 radical (unpaired) electrons. The van der Waals surface area contributed by atoms with E-state index < -0.39 is 10.8 Å². The van der Waals surface area contributed by atoms with E-state index in [0.29, 0.717) is 5.69 Å². The van der Waals surface area contributed by atoms with E-state index in [-0.39, 0.29) is 39.0 Å². The molecular formula is C22H21N3O5S. The first-order valence-electron chi connectivity index (χ1n) is 9.35. The zero-order valence-corrected chi connectivity index (χ0v) is 17.9. The van der Waals surface area contributed by atoms with Crippen molar-refractivity contribution in [3.05, 3.63) is 76.0 Å². The van der Waals surface area contributed by atoms with Crippen LogP contribution in [-0.2, 0) is 5.41 Å². The van der Waals surface area contributed by atoms with E-state index in [1.165, 1.54) is 24.3 Å². The summed E-state index contributed by atoms with van der Waals surface area (Å²) in [6.07, 6.45) is 0. The van der Waals surface area contributed by atoms with Gasteiger partial charge in [-0.25, -0.2) is 0 Å². The molecule has 0 bridgehead atoms. The van der Waals surface area contributed by atoms with Crippen LogP contribution in [0.4, 0.5) is 11.4 Å². The number of nitrogens with one attached hydrogen (secondary N) is 2. The summed E-state index contributed by atoms with van der Waals surface area (Å²) in [4.78, 5) is 23.2. The van der Waals surface area contributed by atoms with Gasteiger partial charge in [0.25, 0.3) is 11.6 Å². The quantitative estimate of drug-likeness (QED) is 0.227. The number of thiocarbonyl (C=S) groups is 1. The number of benzene rings is 2. The Hall–Kier alpha value is -3.72. The van der Waals surface area contributed by atoms with Crippen LogP contribution in [0.2, 0.25) is 0 Å². The topological polar surface area (TPSA) is 118 Å². The molecule has 0 unspecified atom stereocenters. The van der Waals surface area contributed by atoms with E-state index in [4.69, 9.17) is 16.6 Å². The molecule has 160 valence electrons. The van der Waals surface area contributed by atoms with Gasteiger partial charge in [-0.1, -0.05) is 39.0 Å². The van der Waals surface area contributed by atoms with Gasteiger partial charge in [-0.2, -0.15) is 0 Å². The molecule has 0 saturated heterocycles. The average Bonchev–Trinajstić information content (AvgIpc) is 3.19. The number of nitro benzene ring substituents is 1. The molecule has 9 heteroatoms. The Morgan fingerprint density at radius 1 is 1.13 bits per heavy atom. The Balaban J connectivity index is 1.74. The Labute approximate surface area is 184 Å². The second-order valence-electron chi connectivity index (χ2n) is 7.83. The number of hydrogen-bond donors (Lipinski definition) is 3. The molecule has 2 aromatic carbocycles. The third kappa shape index (κ3) is 5.07. The fourth-order valence-corrected chi connectivity index (χ4v) is 3.07. The first kappa shape index (κ1) is 22.0. The van der Waals surface area contributed by atoms with Gasteiger partial charge in [-0.3, -0.25) is 20.2 Å². The van der Waals surface area contributed by atoms with Crippen LogP contribution in [0, 0.1) is 10.1 Å². The minimum Gasteiger partial charge on any atom is -0.506 e. The normalized spacial score (nSPS) is 11.1. The molecule has 3 aromatic rings. The maximum absolute atomic E-state index is 12.5. The largest absolute Gasteiger partial charge is 0.506 e. The molecule has 0 aliphatic heterocycles. The lowest BCUT2D eigenvalue weighted by Crippen LogP contribution is -2.34. The summed E-state index contributed by atoms with van der Waals surface area (Å²) in [7, 11) is 0. The average molecular weight is 439 g/mol. The number of phenols is 1. The van der Waals surface area contributed by atoms with Crippen LogP contribution < -0.4 is 10.6 Å². The van der Waals surface area contributed by atoms with Crippen molar-refractivity contribution in [3.8, 4) is 17.1 Å². The standard InChI is InChI=1S/C22H21N3O5S/c1-22(2,3)13-8-9-17(26)15(12-13)23-21(31)24-20(27)19-11-10-18(30-19)14-6-4-5-7-16(14)25(28)29/h4-12,26H,1-3H3,(H2,23,24,27,31). The molecule has 1 heterocycles. The number of rotatable bonds is 4. The van der Waals surface area contributed by atoms with E-state index in [1.807, 2.05) is 26.8 Å². The highest BCUT2D eigenvalue weighted by atomic mass is 32.1. The Morgan fingerprint density at radius 2 is 1.84 bits per heavy atom. The minimum absolute atomic E-state index is 0.0127. The van der Waals surface area contributed by atoms with Crippen LogP contribution in [0.5, 0.6) is 5.75 Å². The van der Waals surface area contributed by atoms with Gasteiger partial charge in [-0.15, -0.1) is 0 Å². The predicted molar refractivity (Wildman–Crippen MR) is 121 cm³/mol. The first-order valence-corrected chi connectivity index (χ1v) is 9.76. The van der Waals surface area contributed by atoms with E-state index in [0.717, 1.165) is 5.56 Å². The third-order valence-electron chi connectivity index (χ3n) is 4.53. The van der Waals surface area contributed by atoms with Crippen molar-refractivity contribution < 1.29 is 19.2 Å². The molecule has 0 saturated carbocycles. The Kier molecular flexibility index (Phi) is 6.07. The molecule has 1 aromatic heterocycles. The zero-order valence-electron chi connectivity index (χ0n) is 17.1. The van der Waals surface area contributed by atoms with Gasteiger partial charge in [-0.05, 0) is 53.5 Å². The van der Waals surface area contributed by atoms with Crippen molar-refractivity contribution in [1.29, 1.82) is 0 Å². The van der Waals surface area contributed by atoms with Crippen molar-refractivity contribution in [1.82, 2.24) is 5.32 Å². The summed E-state index contributed by atoms with van der Waals surface area (Å²) >= 11 is 5.18. The number of aromatic hydroxyl groups is 1. The minimum atomic E-state index is -0.631. The highest BCUT2D eigenvalue weighted by molar-refractivity contribution is 7.80. The van der Waals surface area contributed by atoms with Gasteiger partial charge >= 0.3 is 0 Å². The molecule has 0 atom stereocenters. The number of nitro groups is 1. The predicted octanol–water partition coefficient (Wildman–Crippen LogP) is 4.98. The number of carbonyl (C=O) groups is 1. The number of phenolic OH excluding ortho intramolecular Hbond substituents is 1. The van der Waals surface area contributed by atoms with Crippen molar-refractivity contribution in [2.75, 3.05) is 5.32 Å². The summed E-state index contributed by atoms with van der Waals surface area (Å²) in [5.74, 6) is -0.521. The highest BCUT2D eigenvalue weighted by Gasteiger charge is 2.20. The maximum Gasteiger partial charge on any atom is 0.293 e. The fourth-order valence-electron chi connectivity index (χ4n) is 2.87. The SMILES string of the molecule is CC(C)(C)c1ccc(O)c(NC(=S)NC(=O)c2ccc(-c3ccccc3[N+](=O)[O-])o2)c1. The van der Waals surface area contributed by atoms with Gasteiger partial charge in [0.1, 0.15) is 11.5 Å². The molecule has 1 amide bonds. The van der Waals surface area contributed by atoms with Crippen LogP contribution in [-0.4, -0.2) is 21.0 Å². The van der Waals surface area contributed by atoms with Crippen molar-refractivity contribution >= 4 is 34.6 Å². The number of carbonyl (C=O) groups excluding carboxylic acids is 1. The van der Waals surface area contributed by atoms with Crippen LogP contribution in [0.3, 0.4) is 0 Å². The van der Waals surface area contributed by atoms with Crippen LogP contribution in [0.25, 0.3) is 11.3 Å². The Bertz CT molecular complexity index is 1160. The second-order valence-corrected chi connectivity index (χ2v) is 8.24. The van der Waals surface area contributed by atoms with Crippen LogP contribution >= 0.6 is 12.2 Å². The first-order chi connectivity index (χ1) is 14.6. The molecule has 3 rings (SSSR count). The summed E-state index contributed by atoms with van der Waals surface area (Å²) in [6.45, 7) is 6.11. The summed E-state index contributed by atoms with van der Waals surface area (Å²) in [5.41, 5.74) is 1.32. The van der Waals surface area contributed by atoms with Gasteiger partial charge in [0.2, 0.25) is 0 Å². The lowest BCUT2D eigenvalue weighted by molar-refractivity contribution is -0.384. The Morgan fingerprint density at radius 3 is 2.52 bits per heavy atom. The van der Waals surface area contributed by atoms with Crippen molar-refractivity contribution in [2.45, 2.75) is 26.2 Å². The van der Waals surface area contributed by atoms with Crippen LogP contribution in [0.1, 0.15) is 36.9 Å². The van der Waals surface area contributed by atoms with Gasteiger partial charge in [0, 0.05) is 6.07 Å². The van der Waals surface area contributed by atoms with Crippen molar-refractivity contribution in [2.24, 2.45) is 0 Å². The molecule has 0 aliphatic carbocycles. The van der Waals surface area contributed by atoms with E-state index in [9.17, 15) is 20.0 Å². The number of para-hydroxylation sites is 1. The van der Waals surface area contributed by atoms with Gasteiger partial charge in [0.15, 0.2) is 10.9 Å². The summed E-state index contributed by atoms with van der Waals surface area (Å²) in [6, 6.07) is 14.1. The summed E-state index contributed by atoms with van der Waals surface area (Å²) < 4.78 is 5.51. The molecule has 31 heavy (non-hydrogen) atoms. The molecular weight excluding hydrogens is 418 g/mol. The number of amides is 1. The van der Waals surface area contributed by atoms with E-state index in [2.05, 4.69) is 10.6 Å². The lowest BCUT2D eigenvalue weighted by Gasteiger charge is -2.20. The number of nitrogens with zero attached hydrogens (tertiary/aromatic N) is 1. The summed E-state index contributed by atoms with van der Waals surface area (Å²) in [5, 5.41) is 26.5. The molecule has 0 spiro atoms. The van der Waals surface area contributed by atoms with Crippen molar-refractivity contribution in [3.63, 3.8) is 0 Å². The lowest BCUT2D eigenvalue weighted by atomic mass is 9.87. The molecule has 0 fully saturated rings. The van der Waals surface area contributed by atoms with Gasteiger partial charge < -0.3 is 14.8 Å². The fraction of sp³-hybridized carbons (Fsp3) is 0.182. The number of hydrogen-bond acceptors (Lipinski definition) is 6. The highest BCUT2D eigenvalue weighted by Crippen LogP contribution is 2.32. The molecule has 8 nitrogen and oxygen atoms in total. The monoisotopic (exact) mass is 439 g/mol. The van der Waals surface area contributed by atoms with E-state index >= 15 is 0 Å². The second kappa shape index (κ2) is 8.57. The maximum atomic E-state index is 12.5. The zero-order chi connectivity index (χ0) is 22.8. The van der Waals surface area contributed by atoms with Gasteiger partial charge in [0.05, 0.1) is 16.2 Å². The third-order valence-corrected chi connectivity index (χ3v) is 4.74. The van der Waals surface area contributed by atoms with Crippen LogP contribution in [0.15, 0.2) is 59.0 Å². The molecule has 0 aliphatic rings. The number of furan rings is 1. The molecule has 3 N–H and O–H groups in total.